The van der Waals surface area contributed by atoms with Crippen molar-refractivity contribution in [2.75, 3.05) is 39.3 Å². The summed E-state index contributed by atoms with van der Waals surface area (Å²) in [4.78, 5) is 10.9. The van der Waals surface area contributed by atoms with Crippen LogP contribution in [-0.2, 0) is 4.79 Å². The van der Waals surface area contributed by atoms with Gasteiger partial charge in [-0.15, -0.1) is 0 Å². The first-order valence-corrected chi connectivity index (χ1v) is 7.19. The first-order chi connectivity index (χ1) is 8.81. The minimum absolute atomic E-state index is 0.138. The average molecular weight is 258 g/mol. The molecule has 0 aliphatic rings. The summed E-state index contributed by atoms with van der Waals surface area (Å²) >= 11 is 0. The van der Waals surface area contributed by atoms with Crippen molar-refractivity contribution in [1.29, 1.82) is 0 Å². The van der Waals surface area contributed by atoms with Crippen LogP contribution in [0, 0.1) is 0 Å². The standard InChI is InChI=1S/C13H30N4O/c1-2-13(18)17-12-6-11-16-9-4-3-8-15-10-5-7-14/h15-16H,2-12,14H2,1H3,(H,17,18). The van der Waals surface area contributed by atoms with Crippen molar-refractivity contribution in [3.63, 3.8) is 0 Å². The molecule has 0 spiro atoms. The van der Waals surface area contributed by atoms with Crippen LogP contribution in [0.5, 0.6) is 0 Å². The van der Waals surface area contributed by atoms with Gasteiger partial charge in [-0.2, -0.15) is 0 Å². The van der Waals surface area contributed by atoms with Crippen molar-refractivity contribution in [1.82, 2.24) is 16.0 Å². The Hall–Kier alpha value is -0.650. The molecule has 0 fully saturated rings. The van der Waals surface area contributed by atoms with Crippen LogP contribution in [0.1, 0.15) is 39.0 Å². The Morgan fingerprint density at radius 1 is 0.889 bits per heavy atom. The second-order valence-corrected chi connectivity index (χ2v) is 4.41. The van der Waals surface area contributed by atoms with E-state index in [9.17, 15) is 4.79 Å². The number of carbonyl (C=O) groups excluding carboxylic acids is 1. The van der Waals surface area contributed by atoms with Gasteiger partial charge in [0.1, 0.15) is 0 Å². The fraction of sp³-hybridized carbons (Fsp3) is 0.923. The Labute approximate surface area is 111 Å². The molecule has 0 aliphatic heterocycles. The zero-order valence-electron chi connectivity index (χ0n) is 11.8. The van der Waals surface area contributed by atoms with E-state index >= 15 is 0 Å². The van der Waals surface area contributed by atoms with Gasteiger partial charge in [0.05, 0.1) is 0 Å². The molecule has 0 rings (SSSR count). The number of nitrogens with two attached hydrogens (primary N) is 1. The van der Waals surface area contributed by atoms with Crippen LogP contribution in [-0.4, -0.2) is 45.2 Å². The fourth-order valence-electron chi connectivity index (χ4n) is 1.54. The maximum atomic E-state index is 10.9. The molecule has 108 valence electrons. The third kappa shape index (κ3) is 13.4. The number of hydrogen-bond acceptors (Lipinski definition) is 4. The Morgan fingerprint density at radius 2 is 1.44 bits per heavy atom. The Kier molecular flexibility index (Phi) is 13.9. The Morgan fingerprint density at radius 3 is 2.00 bits per heavy atom. The van der Waals surface area contributed by atoms with E-state index in [-0.39, 0.29) is 5.91 Å². The third-order valence-electron chi connectivity index (χ3n) is 2.69. The van der Waals surface area contributed by atoms with Gasteiger partial charge in [0.2, 0.25) is 5.91 Å². The quantitative estimate of drug-likeness (QED) is 0.356. The van der Waals surface area contributed by atoms with E-state index in [1.54, 1.807) is 0 Å². The number of nitrogens with one attached hydrogen (secondary N) is 3. The summed E-state index contributed by atoms with van der Waals surface area (Å²) in [5, 5.41) is 9.61. The molecule has 0 aromatic heterocycles. The van der Waals surface area contributed by atoms with Crippen molar-refractivity contribution >= 4 is 5.91 Å². The second kappa shape index (κ2) is 14.4. The van der Waals surface area contributed by atoms with Crippen LogP contribution in [0.15, 0.2) is 0 Å². The number of rotatable bonds is 13. The van der Waals surface area contributed by atoms with Crippen LogP contribution < -0.4 is 21.7 Å². The lowest BCUT2D eigenvalue weighted by molar-refractivity contribution is -0.120. The van der Waals surface area contributed by atoms with Crippen molar-refractivity contribution in [2.45, 2.75) is 39.0 Å². The normalized spacial score (nSPS) is 10.6. The molecule has 5 N–H and O–H groups in total. The van der Waals surface area contributed by atoms with E-state index in [1.165, 1.54) is 12.8 Å². The highest BCUT2D eigenvalue weighted by atomic mass is 16.1. The second-order valence-electron chi connectivity index (χ2n) is 4.41. The lowest BCUT2D eigenvalue weighted by Gasteiger charge is -2.06. The van der Waals surface area contributed by atoms with E-state index in [1.807, 2.05) is 6.92 Å². The van der Waals surface area contributed by atoms with Gasteiger partial charge < -0.3 is 21.7 Å². The van der Waals surface area contributed by atoms with Gasteiger partial charge in [-0.3, -0.25) is 4.79 Å². The minimum atomic E-state index is 0.138. The molecule has 0 radical (unpaired) electrons. The molecule has 0 aromatic rings. The predicted octanol–water partition coefficient (Wildman–Crippen LogP) is 0.211. The van der Waals surface area contributed by atoms with E-state index in [0.29, 0.717) is 6.42 Å². The van der Waals surface area contributed by atoms with Crippen molar-refractivity contribution in [3.8, 4) is 0 Å². The van der Waals surface area contributed by atoms with Crippen LogP contribution in [0.25, 0.3) is 0 Å². The SMILES string of the molecule is CCC(=O)NCCCNCCCCNCCCN. The van der Waals surface area contributed by atoms with Gasteiger partial charge in [-0.25, -0.2) is 0 Å². The molecule has 5 heteroatoms. The Balaban J connectivity index is 2.97. The highest BCUT2D eigenvalue weighted by Crippen LogP contribution is 1.85. The first-order valence-electron chi connectivity index (χ1n) is 7.19. The Bertz CT molecular complexity index is 188. The van der Waals surface area contributed by atoms with Gasteiger partial charge in [0, 0.05) is 13.0 Å². The molecule has 0 saturated heterocycles. The fourth-order valence-corrected chi connectivity index (χ4v) is 1.54. The van der Waals surface area contributed by atoms with E-state index in [0.717, 1.165) is 52.1 Å². The van der Waals surface area contributed by atoms with Crippen LogP contribution >= 0.6 is 0 Å². The summed E-state index contributed by atoms with van der Waals surface area (Å²) in [6.07, 6.45) is 5.02. The predicted molar refractivity (Wildman–Crippen MR) is 76.6 cm³/mol. The van der Waals surface area contributed by atoms with Crippen LogP contribution in [0.2, 0.25) is 0 Å². The smallest absolute Gasteiger partial charge is 0.219 e. The van der Waals surface area contributed by atoms with Crippen LogP contribution in [0.3, 0.4) is 0 Å². The molecule has 0 heterocycles. The number of carbonyl (C=O) groups is 1. The van der Waals surface area contributed by atoms with E-state index < -0.39 is 0 Å². The molecule has 0 saturated carbocycles. The molecule has 0 unspecified atom stereocenters. The summed E-state index contributed by atoms with van der Waals surface area (Å²) in [6, 6.07) is 0. The maximum absolute atomic E-state index is 10.9. The molecule has 0 aliphatic carbocycles. The van der Waals surface area contributed by atoms with Gasteiger partial charge >= 0.3 is 0 Å². The monoisotopic (exact) mass is 258 g/mol. The number of amides is 1. The molecular formula is C13H30N4O. The largest absolute Gasteiger partial charge is 0.356 e. The third-order valence-corrected chi connectivity index (χ3v) is 2.69. The summed E-state index contributed by atoms with van der Waals surface area (Å²) in [5.41, 5.74) is 5.40. The maximum Gasteiger partial charge on any atom is 0.219 e. The van der Waals surface area contributed by atoms with E-state index in [4.69, 9.17) is 5.73 Å². The zero-order chi connectivity index (χ0) is 13.5. The minimum Gasteiger partial charge on any atom is -0.356 e. The number of hydrogen-bond donors (Lipinski definition) is 4. The zero-order valence-corrected chi connectivity index (χ0v) is 11.8. The van der Waals surface area contributed by atoms with Crippen LogP contribution in [0.4, 0.5) is 0 Å². The molecule has 18 heavy (non-hydrogen) atoms. The molecule has 0 bridgehead atoms. The molecule has 5 nitrogen and oxygen atoms in total. The van der Waals surface area contributed by atoms with E-state index in [2.05, 4.69) is 16.0 Å². The number of unbranched alkanes of at least 4 members (excludes halogenated alkanes) is 1. The van der Waals surface area contributed by atoms with Crippen molar-refractivity contribution in [2.24, 2.45) is 5.73 Å². The summed E-state index contributed by atoms with van der Waals surface area (Å²) < 4.78 is 0. The molecule has 0 aromatic carbocycles. The van der Waals surface area contributed by atoms with Crippen molar-refractivity contribution < 1.29 is 4.79 Å². The lowest BCUT2D eigenvalue weighted by Crippen LogP contribution is -2.27. The van der Waals surface area contributed by atoms with Gasteiger partial charge in [0.25, 0.3) is 0 Å². The van der Waals surface area contributed by atoms with Gasteiger partial charge in [-0.05, 0) is 58.4 Å². The topological polar surface area (TPSA) is 79.2 Å². The first kappa shape index (κ1) is 17.4. The summed E-state index contributed by atoms with van der Waals surface area (Å²) in [5.74, 6) is 0.138. The van der Waals surface area contributed by atoms with Gasteiger partial charge in [-0.1, -0.05) is 6.92 Å². The van der Waals surface area contributed by atoms with Gasteiger partial charge in [0.15, 0.2) is 0 Å². The highest BCUT2D eigenvalue weighted by Gasteiger charge is 1.94. The van der Waals surface area contributed by atoms with Crippen molar-refractivity contribution in [3.05, 3.63) is 0 Å². The lowest BCUT2D eigenvalue weighted by atomic mass is 10.3. The molecule has 0 atom stereocenters. The summed E-state index contributed by atoms with van der Waals surface area (Å²) in [6.45, 7) is 7.55. The molecular weight excluding hydrogens is 228 g/mol. The highest BCUT2D eigenvalue weighted by molar-refractivity contribution is 5.75. The summed E-state index contributed by atoms with van der Waals surface area (Å²) in [7, 11) is 0. The molecule has 1 amide bonds. The average Bonchev–Trinajstić information content (AvgIpc) is 2.39.